The SMILES string of the molecule is CC(C)CN(CC(C)C)C[C@H]1CCCCN1. The minimum atomic E-state index is 0.742. The van der Waals surface area contributed by atoms with Crippen molar-refractivity contribution in [3.63, 3.8) is 0 Å². The number of rotatable bonds is 6. The second kappa shape index (κ2) is 7.29. The lowest BCUT2D eigenvalue weighted by atomic mass is 10.0. The van der Waals surface area contributed by atoms with Crippen molar-refractivity contribution in [1.29, 1.82) is 0 Å². The van der Waals surface area contributed by atoms with E-state index in [0.717, 1.165) is 17.9 Å². The van der Waals surface area contributed by atoms with E-state index >= 15 is 0 Å². The normalized spacial score (nSPS) is 22.3. The van der Waals surface area contributed by atoms with Gasteiger partial charge < -0.3 is 10.2 Å². The number of piperidine rings is 1. The molecule has 1 N–H and O–H groups in total. The minimum Gasteiger partial charge on any atom is -0.313 e. The molecule has 2 nitrogen and oxygen atoms in total. The zero-order valence-corrected chi connectivity index (χ0v) is 11.6. The van der Waals surface area contributed by atoms with Crippen molar-refractivity contribution in [2.24, 2.45) is 11.8 Å². The molecule has 1 aliphatic heterocycles. The van der Waals surface area contributed by atoms with E-state index in [1.165, 1.54) is 45.4 Å². The van der Waals surface area contributed by atoms with Gasteiger partial charge in [0.15, 0.2) is 0 Å². The first-order valence-electron chi connectivity index (χ1n) is 7.03. The molecule has 0 bridgehead atoms. The van der Waals surface area contributed by atoms with Gasteiger partial charge in [0.1, 0.15) is 0 Å². The third kappa shape index (κ3) is 5.86. The van der Waals surface area contributed by atoms with Crippen LogP contribution in [-0.4, -0.2) is 37.1 Å². The summed E-state index contributed by atoms with van der Waals surface area (Å²) in [6.07, 6.45) is 4.15. The minimum absolute atomic E-state index is 0.742. The molecule has 1 aliphatic rings. The Morgan fingerprint density at radius 1 is 1.06 bits per heavy atom. The molecule has 2 heteroatoms. The second-order valence-corrected chi connectivity index (χ2v) is 6.15. The van der Waals surface area contributed by atoms with Crippen molar-refractivity contribution in [3.8, 4) is 0 Å². The van der Waals surface area contributed by atoms with Crippen LogP contribution in [0.4, 0.5) is 0 Å². The van der Waals surface area contributed by atoms with E-state index in [9.17, 15) is 0 Å². The highest BCUT2D eigenvalue weighted by Gasteiger charge is 2.17. The van der Waals surface area contributed by atoms with Gasteiger partial charge in [0.25, 0.3) is 0 Å². The Bertz CT molecular complexity index is 162. The third-order valence-corrected chi connectivity index (χ3v) is 3.14. The molecule has 0 spiro atoms. The molecule has 96 valence electrons. The molecule has 0 aliphatic carbocycles. The maximum Gasteiger partial charge on any atom is 0.0195 e. The van der Waals surface area contributed by atoms with Crippen LogP contribution >= 0.6 is 0 Å². The van der Waals surface area contributed by atoms with Crippen LogP contribution in [0, 0.1) is 11.8 Å². The summed E-state index contributed by atoms with van der Waals surface area (Å²) in [6, 6.07) is 0.742. The molecular weight excluding hydrogens is 196 g/mol. The number of nitrogens with zero attached hydrogens (tertiary/aromatic N) is 1. The van der Waals surface area contributed by atoms with E-state index < -0.39 is 0 Å². The molecule has 0 aromatic rings. The summed E-state index contributed by atoms with van der Waals surface area (Å²) in [5, 5.41) is 3.65. The topological polar surface area (TPSA) is 15.3 Å². The molecular formula is C14H30N2. The summed E-state index contributed by atoms with van der Waals surface area (Å²) in [7, 11) is 0. The van der Waals surface area contributed by atoms with Crippen LogP contribution in [0.15, 0.2) is 0 Å². The molecule has 0 aromatic carbocycles. The van der Waals surface area contributed by atoms with E-state index in [0.29, 0.717) is 0 Å². The quantitative estimate of drug-likeness (QED) is 0.749. The number of hydrogen-bond acceptors (Lipinski definition) is 2. The Morgan fingerprint density at radius 2 is 1.69 bits per heavy atom. The summed E-state index contributed by atoms with van der Waals surface area (Å²) in [4.78, 5) is 2.65. The molecule has 0 aromatic heterocycles. The second-order valence-electron chi connectivity index (χ2n) is 6.15. The van der Waals surface area contributed by atoms with Crippen LogP contribution in [0.3, 0.4) is 0 Å². The molecule has 0 saturated carbocycles. The molecule has 1 heterocycles. The zero-order chi connectivity index (χ0) is 12.0. The highest BCUT2D eigenvalue weighted by molar-refractivity contribution is 4.77. The lowest BCUT2D eigenvalue weighted by Crippen LogP contribution is -2.45. The average molecular weight is 226 g/mol. The summed E-state index contributed by atoms with van der Waals surface area (Å²) in [6.45, 7) is 14.2. The number of hydrogen-bond donors (Lipinski definition) is 1. The Labute approximate surface area is 102 Å². The predicted octanol–water partition coefficient (Wildman–Crippen LogP) is 2.74. The fraction of sp³-hybridized carbons (Fsp3) is 1.00. The molecule has 1 atom stereocenters. The van der Waals surface area contributed by atoms with Crippen LogP contribution in [-0.2, 0) is 0 Å². The first-order valence-corrected chi connectivity index (χ1v) is 7.03. The van der Waals surface area contributed by atoms with Gasteiger partial charge >= 0.3 is 0 Å². The third-order valence-electron chi connectivity index (χ3n) is 3.14. The highest BCUT2D eigenvalue weighted by Crippen LogP contribution is 2.11. The van der Waals surface area contributed by atoms with E-state index in [2.05, 4.69) is 37.9 Å². The first kappa shape index (κ1) is 14.0. The van der Waals surface area contributed by atoms with Gasteiger partial charge in [-0.1, -0.05) is 34.1 Å². The first-order chi connectivity index (χ1) is 7.58. The maximum atomic E-state index is 3.65. The molecule has 16 heavy (non-hydrogen) atoms. The van der Waals surface area contributed by atoms with Crippen molar-refractivity contribution in [2.45, 2.75) is 53.0 Å². The standard InChI is InChI=1S/C14H30N2/c1-12(2)9-16(10-13(3)4)11-14-7-5-6-8-15-14/h12-15H,5-11H2,1-4H3/t14-/m1/s1. The summed E-state index contributed by atoms with van der Waals surface area (Å²) in [5.74, 6) is 1.56. The van der Waals surface area contributed by atoms with Gasteiger partial charge in [0.2, 0.25) is 0 Å². The van der Waals surface area contributed by atoms with Crippen LogP contribution in [0.1, 0.15) is 47.0 Å². The number of nitrogens with one attached hydrogen (secondary N) is 1. The predicted molar refractivity (Wildman–Crippen MR) is 71.8 cm³/mol. The maximum absolute atomic E-state index is 3.65. The van der Waals surface area contributed by atoms with Crippen molar-refractivity contribution >= 4 is 0 Å². The molecule has 0 radical (unpaired) electrons. The van der Waals surface area contributed by atoms with E-state index in [-0.39, 0.29) is 0 Å². The van der Waals surface area contributed by atoms with Crippen LogP contribution in [0.5, 0.6) is 0 Å². The van der Waals surface area contributed by atoms with Gasteiger partial charge in [0, 0.05) is 25.7 Å². The molecule has 1 saturated heterocycles. The fourth-order valence-corrected chi connectivity index (χ4v) is 2.65. The van der Waals surface area contributed by atoms with Gasteiger partial charge in [-0.05, 0) is 31.2 Å². The van der Waals surface area contributed by atoms with E-state index in [1.807, 2.05) is 0 Å². The lowest BCUT2D eigenvalue weighted by Gasteiger charge is -2.32. The van der Waals surface area contributed by atoms with Gasteiger partial charge in [-0.3, -0.25) is 0 Å². The Kier molecular flexibility index (Phi) is 6.37. The molecule has 0 amide bonds. The van der Waals surface area contributed by atoms with E-state index in [4.69, 9.17) is 0 Å². The van der Waals surface area contributed by atoms with Crippen molar-refractivity contribution in [1.82, 2.24) is 10.2 Å². The summed E-state index contributed by atoms with van der Waals surface area (Å²) < 4.78 is 0. The lowest BCUT2D eigenvalue weighted by molar-refractivity contribution is 0.186. The van der Waals surface area contributed by atoms with Crippen LogP contribution in [0.2, 0.25) is 0 Å². The van der Waals surface area contributed by atoms with Crippen LogP contribution < -0.4 is 5.32 Å². The molecule has 1 rings (SSSR count). The van der Waals surface area contributed by atoms with Gasteiger partial charge in [0.05, 0.1) is 0 Å². The highest BCUT2D eigenvalue weighted by atomic mass is 15.2. The van der Waals surface area contributed by atoms with E-state index in [1.54, 1.807) is 0 Å². The Morgan fingerprint density at radius 3 is 2.12 bits per heavy atom. The summed E-state index contributed by atoms with van der Waals surface area (Å²) >= 11 is 0. The van der Waals surface area contributed by atoms with Gasteiger partial charge in [-0.25, -0.2) is 0 Å². The van der Waals surface area contributed by atoms with Gasteiger partial charge in [-0.15, -0.1) is 0 Å². The molecule has 1 fully saturated rings. The summed E-state index contributed by atoms with van der Waals surface area (Å²) in [5.41, 5.74) is 0. The smallest absolute Gasteiger partial charge is 0.0195 e. The molecule has 0 unspecified atom stereocenters. The van der Waals surface area contributed by atoms with Crippen molar-refractivity contribution < 1.29 is 0 Å². The monoisotopic (exact) mass is 226 g/mol. The largest absolute Gasteiger partial charge is 0.313 e. The van der Waals surface area contributed by atoms with Gasteiger partial charge in [-0.2, -0.15) is 0 Å². The van der Waals surface area contributed by atoms with Crippen molar-refractivity contribution in [2.75, 3.05) is 26.2 Å². The Balaban J connectivity index is 2.35. The zero-order valence-electron chi connectivity index (χ0n) is 11.6. The van der Waals surface area contributed by atoms with Crippen molar-refractivity contribution in [3.05, 3.63) is 0 Å². The van der Waals surface area contributed by atoms with Crippen LogP contribution in [0.25, 0.3) is 0 Å². The average Bonchev–Trinajstić information content (AvgIpc) is 2.16. The Hall–Kier alpha value is -0.0800. The fourth-order valence-electron chi connectivity index (χ4n) is 2.65.